The fourth-order valence-electron chi connectivity index (χ4n) is 2.59. The second kappa shape index (κ2) is 5.81. The first-order valence-corrected chi connectivity index (χ1v) is 9.19. The normalized spacial score (nSPS) is 15.7. The molecule has 0 saturated heterocycles. The van der Waals surface area contributed by atoms with E-state index in [2.05, 4.69) is 21.8 Å². The van der Waals surface area contributed by atoms with E-state index in [1.807, 2.05) is 12.1 Å². The van der Waals surface area contributed by atoms with Crippen LogP contribution in [0, 0.1) is 0 Å². The summed E-state index contributed by atoms with van der Waals surface area (Å²) >= 11 is 0. The first-order valence-electron chi connectivity index (χ1n) is 7.30. The van der Waals surface area contributed by atoms with Crippen LogP contribution in [0.5, 0.6) is 0 Å². The van der Waals surface area contributed by atoms with Gasteiger partial charge in [0.2, 0.25) is 15.0 Å². The summed E-state index contributed by atoms with van der Waals surface area (Å²) in [5.41, 5.74) is 1.82. The number of hydrogen-bond acceptors (Lipinski definition) is 6. The molecule has 0 radical (unpaired) electrons. The molecule has 2 aromatic rings. The van der Waals surface area contributed by atoms with Crippen molar-refractivity contribution >= 4 is 9.84 Å². The minimum atomic E-state index is -3.35. The molecule has 1 aliphatic rings. The highest BCUT2D eigenvalue weighted by Crippen LogP contribution is 2.20. The third-order valence-corrected chi connectivity index (χ3v) is 4.63. The van der Waals surface area contributed by atoms with Gasteiger partial charge in [0.1, 0.15) is 11.5 Å². The van der Waals surface area contributed by atoms with Crippen molar-refractivity contribution in [3.8, 4) is 0 Å². The van der Waals surface area contributed by atoms with Gasteiger partial charge in [-0.1, -0.05) is 6.92 Å². The molecule has 0 fully saturated rings. The number of fused-ring (bicyclic) bond motifs is 1. The van der Waals surface area contributed by atoms with Gasteiger partial charge in [-0.2, -0.15) is 0 Å². The fraction of sp³-hybridized carbons (Fsp3) is 0.467. The van der Waals surface area contributed by atoms with Crippen LogP contribution in [-0.4, -0.2) is 36.1 Å². The van der Waals surface area contributed by atoms with Crippen molar-refractivity contribution in [1.82, 2.24) is 14.9 Å². The van der Waals surface area contributed by atoms with E-state index < -0.39 is 9.84 Å². The van der Waals surface area contributed by atoms with E-state index in [0.29, 0.717) is 6.54 Å². The average molecular weight is 321 g/mol. The van der Waals surface area contributed by atoms with Crippen molar-refractivity contribution < 1.29 is 12.8 Å². The van der Waals surface area contributed by atoms with E-state index in [9.17, 15) is 8.42 Å². The van der Waals surface area contributed by atoms with Gasteiger partial charge in [-0.25, -0.2) is 18.4 Å². The summed E-state index contributed by atoms with van der Waals surface area (Å²) in [7, 11) is -3.35. The molecule has 0 saturated carbocycles. The Morgan fingerprint density at radius 2 is 2.09 bits per heavy atom. The summed E-state index contributed by atoms with van der Waals surface area (Å²) in [5, 5.41) is -0.0849. The molecule has 0 atom stereocenters. The van der Waals surface area contributed by atoms with E-state index in [4.69, 9.17) is 4.42 Å². The van der Waals surface area contributed by atoms with E-state index in [-0.39, 0.29) is 5.16 Å². The van der Waals surface area contributed by atoms with Crippen molar-refractivity contribution in [3.63, 3.8) is 0 Å². The lowest BCUT2D eigenvalue weighted by Crippen LogP contribution is -2.31. The van der Waals surface area contributed by atoms with Gasteiger partial charge in [-0.15, -0.1) is 0 Å². The number of aromatic nitrogens is 2. The van der Waals surface area contributed by atoms with Crippen LogP contribution in [0.25, 0.3) is 0 Å². The molecule has 0 amide bonds. The third kappa shape index (κ3) is 3.20. The topological polar surface area (TPSA) is 76.3 Å². The molecule has 22 heavy (non-hydrogen) atoms. The lowest BCUT2D eigenvalue weighted by Gasteiger charge is -2.27. The number of aryl methyl sites for hydroxylation is 1. The Hall–Kier alpha value is -1.73. The summed E-state index contributed by atoms with van der Waals surface area (Å²) in [5.74, 6) is 1.95. The zero-order chi connectivity index (χ0) is 15.7. The highest BCUT2D eigenvalue weighted by molar-refractivity contribution is 7.90. The Bertz CT molecular complexity index is 783. The van der Waals surface area contributed by atoms with Crippen molar-refractivity contribution in [1.29, 1.82) is 0 Å². The second-order valence-corrected chi connectivity index (χ2v) is 7.49. The quantitative estimate of drug-likeness (QED) is 0.796. The smallest absolute Gasteiger partial charge is 0.246 e. The second-order valence-electron chi connectivity index (χ2n) is 5.58. The monoisotopic (exact) mass is 321 g/mol. The fourth-order valence-corrected chi connectivity index (χ4v) is 3.11. The minimum Gasteiger partial charge on any atom is -0.465 e. The van der Waals surface area contributed by atoms with Crippen LogP contribution in [0.1, 0.15) is 29.7 Å². The van der Waals surface area contributed by atoms with Gasteiger partial charge in [-0.3, -0.25) is 4.90 Å². The van der Waals surface area contributed by atoms with Gasteiger partial charge in [0.05, 0.1) is 12.2 Å². The molecular weight excluding hydrogens is 302 g/mol. The number of sulfone groups is 1. The van der Waals surface area contributed by atoms with Gasteiger partial charge in [0.25, 0.3) is 0 Å². The number of hydrogen-bond donors (Lipinski definition) is 0. The molecule has 3 rings (SSSR count). The average Bonchev–Trinajstić information content (AvgIpc) is 2.93. The summed E-state index contributed by atoms with van der Waals surface area (Å²) in [6, 6.07) is 4.02. The van der Waals surface area contributed by atoms with E-state index in [0.717, 1.165) is 55.0 Å². The first-order chi connectivity index (χ1) is 10.5. The van der Waals surface area contributed by atoms with Gasteiger partial charge in [0.15, 0.2) is 0 Å². The summed E-state index contributed by atoms with van der Waals surface area (Å²) in [6.45, 7) is 4.35. The predicted octanol–water partition coefficient (Wildman–Crippen LogP) is 1.59. The van der Waals surface area contributed by atoms with Gasteiger partial charge >= 0.3 is 0 Å². The molecule has 0 bridgehead atoms. The Balaban J connectivity index is 1.74. The molecule has 0 unspecified atom stereocenters. The van der Waals surface area contributed by atoms with Crippen molar-refractivity contribution in [2.45, 2.75) is 38.0 Å². The lowest BCUT2D eigenvalue weighted by atomic mass is 10.1. The van der Waals surface area contributed by atoms with E-state index in [1.165, 1.54) is 0 Å². The molecule has 1 aliphatic heterocycles. The highest BCUT2D eigenvalue weighted by Gasteiger charge is 2.21. The zero-order valence-electron chi connectivity index (χ0n) is 12.7. The van der Waals surface area contributed by atoms with Crippen LogP contribution in [0.3, 0.4) is 0 Å². The third-order valence-electron chi connectivity index (χ3n) is 3.77. The van der Waals surface area contributed by atoms with Crippen LogP contribution in [0.4, 0.5) is 0 Å². The first kappa shape index (κ1) is 15.2. The van der Waals surface area contributed by atoms with Crippen LogP contribution >= 0.6 is 0 Å². The molecular formula is C15H19N3O3S. The summed E-state index contributed by atoms with van der Waals surface area (Å²) < 4.78 is 28.7. The van der Waals surface area contributed by atoms with Gasteiger partial charge < -0.3 is 4.42 Å². The lowest BCUT2D eigenvalue weighted by molar-refractivity contribution is 0.221. The molecule has 7 heteroatoms. The maximum absolute atomic E-state index is 11.5. The summed E-state index contributed by atoms with van der Waals surface area (Å²) in [6.07, 6.45) is 4.38. The van der Waals surface area contributed by atoms with Crippen LogP contribution in [0.15, 0.2) is 27.9 Å². The number of furan rings is 1. The maximum Gasteiger partial charge on any atom is 0.246 e. The van der Waals surface area contributed by atoms with Gasteiger partial charge in [0, 0.05) is 43.9 Å². The Morgan fingerprint density at radius 3 is 2.77 bits per heavy atom. The van der Waals surface area contributed by atoms with Crippen molar-refractivity contribution in [3.05, 3.63) is 41.1 Å². The molecule has 6 nitrogen and oxygen atoms in total. The zero-order valence-corrected chi connectivity index (χ0v) is 13.6. The SMILES string of the molecule is CCc1ccc(CN2CCc3nc(S(C)(=O)=O)ncc3C2)o1. The molecule has 0 aliphatic carbocycles. The standard InChI is InChI=1S/C15H19N3O3S/c1-3-12-4-5-13(21-12)10-18-7-6-14-11(9-18)8-16-15(17-14)22(2,19)20/h4-5,8H,3,6-7,9-10H2,1-2H3. The molecule has 2 aromatic heterocycles. The van der Waals surface area contributed by atoms with Crippen LogP contribution < -0.4 is 0 Å². The Labute approximate surface area is 130 Å². The maximum atomic E-state index is 11.5. The minimum absolute atomic E-state index is 0.0849. The molecule has 0 aromatic carbocycles. The number of nitrogens with zero attached hydrogens (tertiary/aromatic N) is 3. The molecule has 0 N–H and O–H groups in total. The van der Waals surface area contributed by atoms with Crippen molar-refractivity contribution in [2.24, 2.45) is 0 Å². The van der Waals surface area contributed by atoms with Crippen LogP contribution in [0.2, 0.25) is 0 Å². The molecule has 3 heterocycles. The van der Waals surface area contributed by atoms with E-state index in [1.54, 1.807) is 6.20 Å². The molecule has 0 spiro atoms. The summed E-state index contributed by atoms with van der Waals surface area (Å²) in [4.78, 5) is 10.4. The Kier molecular flexibility index (Phi) is 4.01. The number of rotatable bonds is 4. The predicted molar refractivity (Wildman–Crippen MR) is 81.0 cm³/mol. The highest BCUT2D eigenvalue weighted by atomic mass is 32.2. The Morgan fingerprint density at radius 1 is 1.32 bits per heavy atom. The van der Waals surface area contributed by atoms with E-state index >= 15 is 0 Å². The molecule has 118 valence electrons. The van der Waals surface area contributed by atoms with Gasteiger partial charge in [-0.05, 0) is 12.1 Å². The van der Waals surface area contributed by atoms with Crippen molar-refractivity contribution in [2.75, 3.05) is 12.8 Å². The largest absolute Gasteiger partial charge is 0.465 e. The van der Waals surface area contributed by atoms with Crippen LogP contribution in [-0.2, 0) is 35.8 Å².